The lowest BCUT2D eigenvalue weighted by atomic mass is 10.0. The van der Waals surface area contributed by atoms with Gasteiger partial charge in [-0.2, -0.15) is 0 Å². The van der Waals surface area contributed by atoms with Crippen LogP contribution in [0.4, 0.5) is 0 Å². The van der Waals surface area contributed by atoms with Gasteiger partial charge in [0, 0.05) is 18.2 Å². The predicted octanol–water partition coefficient (Wildman–Crippen LogP) is 2.39. The number of furan rings is 1. The van der Waals surface area contributed by atoms with Gasteiger partial charge in [0.25, 0.3) is 11.8 Å². The minimum Gasteiger partial charge on any atom is -0.485 e. The Morgan fingerprint density at radius 3 is 2.69 bits per heavy atom. The van der Waals surface area contributed by atoms with E-state index in [1.807, 2.05) is 32.0 Å². The van der Waals surface area contributed by atoms with Gasteiger partial charge < -0.3 is 24.3 Å². The Bertz CT molecular complexity index is 1230. The van der Waals surface area contributed by atoms with E-state index in [0.717, 1.165) is 21.8 Å². The Morgan fingerprint density at radius 1 is 1.20 bits per heavy atom. The van der Waals surface area contributed by atoms with E-state index < -0.39 is 35.2 Å². The lowest BCUT2D eigenvalue weighted by Gasteiger charge is -2.49. The first-order chi connectivity index (χ1) is 16.7. The fourth-order valence-electron chi connectivity index (χ4n) is 3.78. The van der Waals surface area contributed by atoms with Crippen LogP contribution in [0.5, 0.6) is 5.75 Å². The van der Waals surface area contributed by atoms with Gasteiger partial charge in [-0.15, -0.1) is 11.8 Å². The average Bonchev–Trinajstić information content (AvgIpc) is 3.30. The minimum absolute atomic E-state index is 0.0150. The summed E-state index contributed by atoms with van der Waals surface area (Å²) in [6.07, 6.45) is 0. The summed E-state index contributed by atoms with van der Waals surface area (Å²) in [5, 5.41) is 11.7. The van der Waals surface area contributed by atoms with E-state index in [-0.39, 0.29) is 30.4 Å². The van der Waals surface area contributed by atoms with Crippen LogP contribution in [0.1, 0.15) is 34.4 Å². The molecular formula is C24H24N2O8S. The highest BCUT2D eigenvalue weighted by atomic mass is 32.2. The molecule has 11 heteroatoms. The summed E-state index contributed by atoms with van der Waals surface area (Å²) in [6, 6.07) is 8.07. The molecule has 184 valence electrons. The van der Waals surface area contributed by atoms with Gasteiger partial charge >= 0.3 is 11.9 Å². The van der Waals surface area contributed by atoms with E-state index in [9.17, 15) is 24.3 Å². The number of β-lactam (4-membered cyclic amide) rings is 1. The molecule has 2 atom stereocenters. The van der Waals surface area contributed by atoms with Gasteiger partial charge in [0.15, 0.2) is 5.76 Å². The molecule has 0 spiro atoms. The monoisotopic (exact) mass is 500 g/mol. The van der Waals surface area contributed by atoms with Crippen LogP contribution in [0, 0.1) is 13.8 Å². The lowest BCUT2D eigenvalue weighted by Crippen LogP contribution is -2.70. The molecule has 0 aliphatic carbocycles. The summed E-state index contributed by atoms with van der Waals surface area (Å²) >= 11 is 1.28. The number of aryl methyl sites for hydroxylation is 2. The lowest BCUT2D eigenvalue weighted by molar-refractivity contribution is -0.149. The van der Waals surface area contributed by atoms with Gasteiger partial charge in [-0.3, -0.25) is 19.3 Å². The fraction of sp³-hybridized carbons (Fsp3) is 0.333. The number of esters is 1. The SMILES string of the molecule is CC(=O)OCC1=C(C(=O)O)N2C(=O)[C@@H](NC(=O)c3ccc(COc4cc(C)ccc4C)o3)[C@@H]2SC1. The highest BCUT2D eigenvalue weighted by molar-refractivity contribution is 8.00. The van der Waals surface area contributed by atoms with Crippen LogP contribution in [0.2, 0.25) is 0 Å². The highest BCUT2D eigenvalue weighted by Gasteiger charge is 2.54. The number of rotatable bonds is 8. The average molecular weight is 501 g/mol. The van der Waals surface area contributed by atoms with Crippen LogP contribution in [0.3, 0.4) is 0 Å². The predicted molar refractivity (Wildman–Crippen MR) is 125 cm³/mol. The number of thioether (sulfide) groups is 1. The number of amides is 2. The second-order valence-corrected chi connectivity index (χ2v) is 9.33. The van der Waals surface area contributed by atoms with Gasteiger partial charge in [0.1, 0.15) is 41.8 Å². The Balaban J connectivity index is 1.39. The molecule has 4 rings (SSSR count). The molecule has 0 unspecified atom stereocenters. The summed E-state index contributed by atoms with van der Waals surface area (Å²) in [6.45, 7) is 5.03. The van der Waals surface area contributed by atoms with Crippen LogP contribution in [0.15, 0.2) is 46.0 Å². The largest absolute Gasteiger partial charge is 0.485 e. The van der Waals surface area contributed by atoms with E-state index in [2.05, 4.69) is 5.32 Å². The van der Waals surface area contributed by atoms with Crippen molar-refractivity contribution in [1.82, 2.24) is 10.2 Å². The summed E-state index contributed by atoms with van der Waals surface area (Å²) in [7, 11) is 0. The number of ether oxygens (including phenoxy) is 2. The van der Waals surface area contributed by atoms with Gasteiger partial charge in [0.05, 0.1) is 0 Å². The number of benzene rings is 1. The molecule has 2 aromatic rings. The van der Waals surface area contributed by atoms with Crippen LogP contribution >= 0.6 is 11.8 Å². The standard InChI is InChI=1S/C24H24N2O8S/c1-12-4-5-13(2)18(8-12)33-10-16-6-7-17(34-16)21(28)25-19-22(29)26-20(24(30)31)15(9-32-14(3)27)11-35-23(19)26/h4-8,19,23H,9-11H2,1-3H3,(H,25,28)(H,30,31)/t19-,23+/m1/s1. The Labute approximate surface area is 205 Å². The first kappa shape index (κ1) is 24.4. The van der Waals surface area contributed by atoms with Crippen LogP contribution in [-0.2, 0) is 25.7 Å². The maximum atomic E-state index is 12.7. The van der Waals surface area contributed by atoms with Gasteiger partial charge in [-0.1, -0.05) is 12.1 Å². The number of aliphatic carboxylic acids is 1. The second kappa shape index (κ2) is 9.87. The van der Waals surface area contributed by atoms with Crippen molar-refractivity contribution in [2.24, 2.45) is 0 Å². The molecule has 10 nitrogen and oxygen atoms in total. The number of hydrogen-bond acceptors (Lipinski definition) is 8. The number of hydrogen-bond donors (Lipinski definition) is 2. The number of carboxylic acid groups (broad SMARTS) is 1. The molecule has 35 heavy (non-hydrogen) atoms. The van der Waals surface area contributed by atoms with Crippen molar-refractivity contribution < 1.29 is 38.2 Å². The molecule has 1 aromatic heterocycles. The van der Waals surface area contributed by atoms with Crippen molar-refractivity contribution >= 4 is 35.5 Å². The zero-order valence-corrected chi connectivity index (χ0v) is 20.1. The molecule has 0 saturated carbocycles. The quantitative estimate of drug-likeness (QED) is 0.414. The van der Waals surface area contributed by atoms with E-state index in [4.69, 9.17) is 13.9 Å². The number of carbonyl (C=O) groups is 4. The molecule has 2 aliphatic heterocycles. The van der Waals surface area contributed by atoms with E-state index >= 15 is 0 Å². The van der Waals surface area contributed by atoms with Crippen molar-refractivity contribution in [3.05, 3.63) is 64.2 Å². The van der Waals surface area contributed by atoms with E-state index in [1.165, 1.54) is 24.8 Å². The maximum Gasteiger partial charge on any atom is 0.352 e. The molecule has 0 bridgehead atoms. The fourth-order valence-corrected chi connectivity index (χ4v) is 5.11. The van der Waals surface area contributed by atoms with E-state index in [0.29, 0.717) is 11.3 Å². The molecule has 2 N–H and O–H groups in total. The number of nitrogens with one attached hydrogen (secondary N) is 1. The molecule has 2 amide bonds. The van der Waals surface area contributed by atoms with Crippen molar-refractivity contribution in [1.29, 1.82) is 0 Å². The normalized spacial score (nSPS) is 19.1. The van der Waals surface area contributed by atoms with E-state index in [1.54, 1.807) is 6.07 Å². The molecule has 1 fully saturated rings. The number of carboxylic acids is 1. The summed E-state index contributed by atoms with van der Waals surface area (Å²) in [5.41, 5.74) is 2.15. The molecule has 1 aromatic carbocycles. The third-order valence-electron chi connectivity index (χ3n) is 5.59. The summed E-state index contributed by atoms with van der Waals surface area (Å²) in [4.78, 5) is 49.4. The van der Waals surface area contributed by atoms with Crippen molar-refractivity contribution in [2.75, 3.05) is 12.4 Å². The van der Waals surface area contributed by atoms with Gasteiger partial charge in [0.2, 0.25) is 0 Å². The molecular weight excluding hydrogens is 476 g/mol. The Kier molecular flexibility index (Phi) is 6.88. The molecule has 2 aliphatic rings. The van der Waals surface area contributed by atoms with Gasteiger partial charge in [-0.05, 0) is 43.2 Å². The number of nitrogens with zero attached hydrogens (tertiary/aromatic N) is 1. The number of fused-ring (bicyclic) bond motifs is 1. The third-order valence-corrected chi connectivity index (χ3v) is 6.92. The third kappa shape index (κ3) is 5.04. The van der Waals surface area contributed by atoms with Crippen LogP contribution < -0.4 is 10.1 Å². The minimum atomic E-state index is -1.30. The van der Waals surface area contributed by atoms with Crippen LogP contribution in [0.25, 0.3) is 0 Å². The number of carbonyl (C=O) groups excluding carboxylic acids is 3. The molecule has 1 saturated heterocycles. The smallest absolute Gasteiger partial charge is 0.352 e. The maximum absolute atomic E-state index is 12.7. The summed E-state index contributed by atoms with van der Waals surface area (Å²) in [5.74, 6) is -1.57. The first-order valence-electron chi connectivity index (χ1n) is 10.8. The molecule has 3 heterocycles. The van der Waals surface area contributed by atoms with Crippen LogP contribution in [-0.4, -0.2) is 57.5 Å². The zero-order valence-electron chi connectivity index (χ0n) is 19.3. The van der Waals surface area contributed by atoms with Crippen molar-refractivity contribution in [3.8, 4) is 5.75 Å². The highest BCUT2D eigenvalue weighted by Crippen LogP contribution is 2.40. The second-order valence-electron chi connectivity index (χ2n) is 8.22. The Morgan fingerprint density at radius 2 is 1.97 bits per heavy atom. The Hall–Kier alpha value is -3.73. The topological polar surface area (TPSA) is 135 Å². The summed E-state index contributed by atoms with van der Waals surface area (Å²) < 4.78 is 16.3. The first-order valence-corrected chi connectivity index (χ1v) is 11.8. The zero-order chi connectivity index (χ0) is 25.3. The molecule has 0 radical (unpaired) electrons. The van der Waals surface area contributed by atoms with Crippen molar-refractivity contribution in [2.45, 2.75) is 38.8 Å². The van der Waals surface area contributed by atoms with Crippen molar-refractivity contribution in [3.63, 3.8) is 0 Å². The van der Waals surface area contributed by atoms with Gasteiger partial charge in [-0.25, -0.2) is 4.79 Å².